The van der Waals surface area contributed by atoms with Gasteiger partial charge in [0.2, 0.25) is 0 Å². The summed E-state index contributed by atoms with van der Waals surface area (Å²) in [5.74, 6) is -0.872. The number of rotatable bonds is 3. The van der Waals surface area contributed by atoms with Crippen LogP contribution in [0.5, 0.6) is 5.75 Å². The number of nitrogens with zero attached hydrogens (tertiary/aromatic N) is 1. The normalized spacial score (nSPS) is 10.9. The molecule has 0 saturated carbocycles. The second kappa shape index (κ2) is 5.42. The van der Waals surface area contributed by atoms with Crippen LogP contribution in [-0.2, 0) is 10.0 Å². The molecule has 0 aliphatic rings. The van der Waals surface area contributed by atoms with Crippen molar-refractivity contribution in [3.63, 3.8) is 0 Å². The third-order valence-corrected chi connectivity index (χ3v) is 4.25. The molecule has 0 fully saturated rings. The van der Waals surface area contributed by atoms with Gasteiger partial charge in [-0.3, -0.25) is 4.72 Å². The number of phenolic OH excluding ortho intramolecular Hbond substituents is 1. The average molecular weight is 306 g/mol. The molecule has 0 saturated heterocycles. The summed E-state index contributed by atoms with van der Waals surface area (Å²) in [6, 6.07) is 9.06. The standard InChI is InChI=1S/C14H11FN2O3S/c1-9-7-10(5-6-13(9)18)17-21(19,20)14-4-2-3-12(15)11(14)8-16/h2-7,17-18H,1H3. The topological polar surface area (TPSA) is 90.2 Å². The van der Waals surface area contributed by atoms with Gasteiger partial charge in [-0.1, -0.05) is 6.07 Å². The molecular formula is C14H11FN2O3S. The van der Waals surface area contributed by atoms with Gasteiger partial charge in [-0.05, 0) is 42.8 Å². The Kier molecular flexibility index (Phi) is 3.82. The van der Waals surface area contributed by atoms with Crippen molar-refractivity contribution in [3.05, 3.63) is 53.3 Å². The smallest absolute Gasteiger partial charge is 0.263 e. The van der Waals surface area contributed by atoms with Gasteiger partial charge < -0.3 is 5.11 Å². The van der Waals surface area contributed by atoms with Crippen molar-refractivity contribution in [2.24, 2.45) is 0 Å². The molecule has 0 aromatic heterocycles. The number of hydrogen-bond donors (Lipinski definition) is 2. The van der Waals surface area contributed by atoms with E-state index in [0.29, 0.717) is 5.56 Å². The number of phenols is 1. The lowest BCUT2D eigenvalue weighted by Crippen LogP contribution is -2.15. The summed E-state index contributed by atoms with van der Waals surface area (Å²) in [4.78, 5) is -0.435. The Balaban J connectivity index is 2.46. The Bertz CT molecular complexity index is 842. The first-order chi connectivity index (χ1) is 9.85. The number of aryl methyl sites for hydroxylation is 1. The molecule has 0 atom stereocenters. The second-order valence-electron chi connectivity index (χ2n) is 4.33. The Hall–Kier alpha value is -2.59. The van der Waals surface area contributed by atoms with E-state index in [1.54, 1.807) is 13.0 Å². The molecule has 2 rings (SSSR count). The summed E-state index contributed by atoms with van der Waals surface area (Å²) in [5.41, 5.74) is 0.147. The minimum Gasteiger partial charge on any atom is -0.508 e. The number of nitriles is 1. The zero-order valence-electron chi connectivity index (χ0n) is 11.0. The highest BCUT2D eigenvalue weighted by molar-refractivity contribution is 7.92. The summed E-state index contributed by atoms with van der Waals surface area (Å²) in [7, 11) is -4.10. The Morgan fingerprint density at radius 3 is 2.62 bits per heavy atom. The monoisotopic (exact) mass is 306 g/mol. The summed E-state index contributed by atoms with van der Waals surface area (Å²) >= 11 is 0. The summed E-state index contributed by atoms with van der Waals surface area (Å²) in [6.07, 6.45) is 0. The minimum atomic E-state index is -4.10. The largest absolute Gasteiger partial charge is 0.508 e. The molecule has 0 aliphatic heterocycles. The Morgan fingerprint density at radius 2 is 2.00 bits per heavy atom. The highest BCUT2D eigenvalue weighted by Crippen LogP contribution is 2.24. The zero-order chi connectivity index (χ0) is 15.6. The van der Waals surface area contributed by atoms with Crippen LogP contribution in [0.1, 0.15) is 11.1 Å². The van der Waals surface area contributed by atoms with Crippen LogP contribution in [0.25, 0.3) is 0 Å². The van der Waals surface area contributed by atoms with Crippen LogP contribution in [0.15, 0.2) is 41.3 Å². The Labute approximate surface area is 121 Å². The fourth-order valence-electron chi connectivity index (χ4n) is 1.77. The highest BCUT2D eigenvalue weighted by Gasteiger charge is 2.21. The number of nitrogens with one attached hydrogen (secondary N) is 1. The molecule has 2 aromatic rings. The molecular weight excluding hydrogens is 295 g/mol. The molecule has 0 heterocycles. The van der Waals surface area contributed by atoms with Crippen LogP contribution >= 0.6 is 0 Å². The average Bonchev–Trinajstić information content (AvgIpc) is 2.42. The molecule has 2 aromatic carbocycles. The molecule has 108 valence electrons. The van der Waals surface area contributed by atoms with E-state index in [9.17, 15) is 17.9 Å². The summed E-state index contributed by atoms with van der Waals surface area (Å²) < 4.78 is 40.2. The van der Waals surface area contributed by atoms with Gasteiger partial charge in [-0.2, -0.15) is 5.26 Å². The van der Waals surface area contributed by atoms with Gasteiger partial charge in [0.15, 0.2) is 0 Å². The van der Waals surface area contributed by atoms with Crippen LogP contribution in [0.3, 0.4) is 0 Å². The quantitative estimate of drug-likeness (QED) is 0.853. The van der Waals surface area contributed by atoms with E-state index < -0.39 is 26.3 Å². The van der Waals surface area contributed by atoms with Crippen molar-refractivity contribution in [3.8, 4) is 11.8 Å². The van der Waals surface area contributed by atoms with Crippen LogP contribution in [0.2, 0.25) is 0 Å². The van der Waals surface area contributed by atoms with Crippen molar-refractivity contribution in [2.75, 3.05) is 4.72 Å². The van der Waals surface area contributed by atoms with E-state index in [1.807, 2.05) is 0 Å². The predicted octanol–water partition coefficient (Wildman–Crippen LogP) is 2.51. The van der Waals surface area contributed by atoms with Crippen molar-refractivity contribution in [2.45, 2.75) is 11.8 Å². The van der Waals surface area contributed by atoms with Gasteiger partial charge in [0.05, 0.1) is 0 Å². The predicted molar refractivity (Wildman–Crippen MR) is 74.8 cm³/mol. The van der Waals surface area contributed by atoms with Gasteiger partial charge in [-0.25, -0.2) is 12.8 Å². The first kappa shape index (κ1) is 14.8. The highest BCUT2D eigenvalue weighted by atomic mass is 32.2. The summed E-state index contributed by atoms with van der Waals surface area (Å²) in [5, 5.41) is 18.3. The summed E-state index contributed by atoms with van der Waals surface area (Å²) in [6.45, 7) is 1.61. The van der Waals surface area contributed by atoms with Gasteiger partial charge in [0, 0.05) is 5.69 Å². The third-order valence-electron chi connectivity index (χ3n) is 2.83. The van der Waals surface area contributed by atoms with Crippen LogP contribution in [0, 0.1) is 24.1 Å². The molecule has 0 unspecified atom stereocenters. The van der Waals surface area contributed by atoms with Crippen LogP contribution in [0.4, 0.5) is 10.1 Å². The van der Waals surface area contributed by atoms with Gasteiger partial charge in [0.1, 0.15) is 28.1 Å². The number of anilines is 1. The second-order valence-corrected chi connectivity index (χ2v) is 5.98. The fraction of sp³-hybridized carbons (Fsp3) is 0.0714. The zero-order valence-corrected chi connectivity index (χ0v) is 11.8. The molecule has 5 nitrogen and oxygen atoms in total. The number of halogens is 1. The van der Waals surface area contributed by atoms with E-state index in [0.717, 1.165) is 12.1 Å². The minimum absolute atomic E-state index is 0.0291. The molecule has 21 heavy (non-hydrogen) atoms. The van der Waals surface area contributed by atoms with E-state index in [4.69, 9.17) is 5.26 Å². The molecule has 0 aliphatic carbocycles. The van der Waals surface area contributed by atoms with Crippen molar-refractivity contribution < 1.29 is 17.9 Å². The van der Waals surface area contributed by atoms with Crippen LogP contribution < -0.4 is 4.72 Å². The third kappa shape index (κ3) is 2.95. The van der Waals surface area contributed by atoms with Crippen molar-refractivity contribution in [1.82, 2.24) is 0 Å². The number of benzene rings is 2. The molecule has 0 amide bonds. The number of sulfonamides is 1. The lowest BCUT2D eigenvalue weighted by Gasteiger charge is -2.10. The molecule has 7 heteroatoms. The van der Waals surface area contributed by atoms with E-state index in [-0.39, 0.29) is 11.4 Å². The SMILES string of the molecule is Cc1cc(NS(=O)(=O)c2cccc(F)c2C#N)ccc1O. The van der Waals surface area contributed by atoms with Gasteiger partial charge in [-0.15, -0.1) is 0 Å². The van der Waals surface area contributed by atoms with Gasteiger partial charge >= 0.3 is 0 Å². The number of hydrogen-bond acceptors (Lipinski definition) is 4. The van der Waals surface area contributed by atoms with Crippen LogP contribution in [-0.4, -0.2) is 13.5 Å². The molecule has 0 radical (unpaired) electrons. The van der Waals surface area contributed by atoms with E-state index in [2.05, 4.69) is 4.72 Å². The van der Waals surface area contributed by atoms with E-state index >= 15 is 0 Å². The number of aromatic hydroxyl groups is 1. The first-order valence-corrected chi connectivity index (χ1v) is 7.34. The maximum Gasteiger partial charge on any atom is 0.263 e. The Morgan fingerprint density at radius 1 is 1.29 bits per heavy atom. The molecule has 2 N–H and O–H groups in total. The maximum atomic E-state index is 13.5. The van der Waals surface area contributed by atoms with E-state index in [1.165, 1.54) is 24.3 Å². The maximum absolute atomic E-state index is 13.5. The van der Waals surface area contributed by atoms with Gasteiger partial charge in [0.25, 0.3) is 10.0 Å². The van der Waals surface area contributed by atoms with Crippen molar-refractivity contribution >= 4 is 15.7 Å². The fourth-order valence-corrected chi connectivity index (χ4v) is 2.98. The van der Waals surface area contributed by atoms with Crippen molar-refractivity contribution in [1.29, 1.82) is 5.26 Å². The first-order valence-electron chi connectivity index (χ1n) is 5.86. The molecule has 0 spiro atoms. The lowest BCUT2D eigenvalue weighted by atomic mass is 10.2. The lowest BCUT2D eigenvalue weighted by molar-refractivity contribution is 0.471. The molecule has 0 bridgehead atoms.